The number of methoxy groups -OCH3 is 1. The number of rotatable bonds is 12. The van der Waals surface area contributed by atoms with E-state index in [-0.39, 0.29) is 30.0 Å². The Hall–Kier alpha value is -3.32. The zero-order valence-electron chi connectivity index (χ0n) is 21.5. The highest BCUT2D eigenvalue weighted by atomic mass is 32.2. The van der Waals surface area contributed by atoms with Crippen LogP contribution in [0.2, 0.25) is 0 Å². The van der Waals surface area contributed by atoms with Crippen molar-refractivity contribution in [3.8, 4) is 5.88 Å². The van der Waals surface area contributed by atoms with Crippen LogP contribution in [0, 0.1) is 0 Å². The summed E-state index contributed by atoms with van der Waals surface area (Å²) in [5.41, 5.74) is 1.20. The fourth-order valence-electron chi connectivity index (χ4n) is 4.48. The lowest BCUT2D eigenvalue weighted by atomic mass is 10.0. The summed E-state index contributed by atoms with van der Waals surface area (Å²) in [4.78, 5) is 21.2. The van der Waals surface area contributed by atoms with Crippen molar-refractivity contribution in [2.24, 2.45) is 7.05 Å². The molecule has 1 aromatic carbocycles. The van der Waals surface area contributed by atoms with Gasteiger partial charge in [0.25, 0.3) is 15.9 Å². The van der Waals surface area contributed by atoms with E-state index in [0.29, 0.717) is 12.0 Å². The van der Waals surface area contributed by atoms with Gasteiger partial charge in [0, 0.05) is 50.2 Å². The quantitative estimate of drug-likeness (QED) is 0.308. The van der Waals surface area contributed by atoms with E-state index < -0.39 is 28.1 Å². The lowest BCUT2D eigenvalue weighted by Crippen LogP contribution is -2.52. The summed E-state index contributed by atoms with van der Waals surface area (Å²) < 4.78 is 35.1. The third-order valence-electron chi connectivity index (χ3n) is 6.55. The molecule has 3 N–H and O–H groups in total. The molecule has 3 heterocycles. The average molecular weight is 543 g/mol. The first-order chi connectivity index (χ1) is 18.3. The molecular weight excluding hydrogens is 508 g/mol. The van der Waals surface area contributed by atoms with Gasteiger partial charge in [-0.1, -0.05) is 30.3 Å². The minimum atomic E-state index is -3.99. The van der Waals surface area contributed by atoms with Crippen molar-refractivity contribution in [3.05, 3.63) is 72.3 Å². The number of ether oxygens (including phenoxy) is 1. The number of aromatic nitrogens is 3. The number of pyridine rings is 1. The number of carbonyl (C=O) groups is 1. The molecule has 0 saturated carbocycles. The summed E-state index contributed by atoms with van der Waals surface area (Å²) >= 11 is 0. The topological polar surface area (TPSA) is 139 Å². The van der Waals surface area contributed by atoms with Gasteiger partial charge >= 0.3 is 0 Å². The van der Waals surface area contributed by atoms with Crippen LogP contribution in [0.4, 0.5) is 0 Å². The summed E-state index contributed by atoms with van der Waals surface area (Å²) in [5.74, 6) is -0.142. The lowest BCUT2D eigenvalue weighted by Gasteiger charge is -2.30. The second-order valence-electron chi connectivity index (χ2n) is 9.42. The van der Waals surface area contributed by atoms with E-state index in [1.807, 2.05) is 30.3 Å². The molecule has 3 aromatic rings. The van der Waals surface area contributed by atoms with Crippen LogP contribution in [0.3, 0.4) is 0 Å². The molecule has 0 aliphatic carbocycles. The predicted octanol–water partition coefficient (Wildman–Crippen LogP) is 0.969. The maximum Gasteiger partial charge on any atom is 0.262 e. The highest BCUT2D eigenvalue weighted by Crippen LogP contribution is 2.19. The first-order valence-electron chi connectivity index (χ1n) is 12.5. The van der Waals surface area contributed by atoms with Crippen LogP contribution < -0.4 is 15.4 Å². The maximum absolute atomic E-state index is 13.6. The van der Waals surface area contributed by atoms with Crippen molar-refractivity contribution in [2.75, 3.05) is 26.7 Å². The van der Waals surface area contributed by atoms with Crippen LogP contribution in [0.25, 0.3) is 0 Å². The highest BCUT2D eigenvalue weighted by molar-refractivity contribution is 7.89. The number of imidazole rings is 1. The minimum absolute atomic E-state index is 0.0351. The lowest BCUT2D eigenvalue weighted by molar-refractivity contribution is 0.0777. The Bertz CT molecular complexity index is 1310. The van der Waals surface area contributed by atoms with E-state index in [1.54, 1.807) is 17.7 Å². The molecule has 2 unspecified atom stereocenters. The molecule has 0 radical (unpaired) electrons. The summed E-state index contributed by atoms with van der Waals surface area (Å²) in [6.07, 6.45) is 5.21. The zero-order valence-corrected chi connectivity index (χ0v) is 22.3. The number of sulfonamides is 1. The largest absolute Gasteiger partial charge is 0.481 e. The number of benzene rings is 1. The number of carbonyl (C=O) groups excluding carboxylic acids is 1. The predicted molar refractivity (Wildman–Crippen MR) is 141 cm³/mol. The second kappa shape index (κ2) is 12.5. The Kier molecular flexibility index (Phi) is 9.10. The van der Waals surface area contributed by atoms with E-state index >= 15 is 0 Å². The van der Waals surface area contributed by atoms with Crippen LogP contribution in [0.5, 0.6) is 5.88 Å². The maximum atomic E-state index is 13.6. The van der Waals surface area contributed by atoms with Gasteiger partial charge in [-0.2, -0.15) is 4.31 Å². The van der Waals surface area contributed by atoms with Crippen molar-refractivity contribution >= 4 is 15.9 Å². The fourth-order valence-corrected chi connectivity index (χ4v) is 5.95. The van der Waals surface area contributed by atoms with Crippen LogP contribution in [0.1, 0.15) is 28.8 Å². The number of hydrogen-bond acceptors (Lipinski definition) is 8. The SMILES string of the molecule is COc1cc(C(=O)NC(Cc2ccccc2)C(O)CN(C[C@H]2CCCN2)S(=O)(=O)c2cn(C)cn2)ccn1. The summed E-state index contributed by atoms with van der Waals surface area (Å²) in [6, 6.07) is 11.7. The molecule has 1 fully saturated rings. The first kappa shape index (κ1) is 27.7. The Morgan fingerprint density at radius 1 is 1.29 bits per heavy atom. The number of nitrogens with one attached hydrogen (secondary N) is 2. The average Bonchev–Trinajstić information content (AvgIpc) is 3.60. The highest BCUT2D eigenvalue weighted by Gasteiger charge is 2.34. The Morgan fingerprint density at radius 2 is 2.08 bits per heavy atom. The van der Waals surface area contributed by atoms with Crippen LogP contribution >= 0.6 is 0 Å². The van der Waals surface area contributed by atoms with Gasteiger partial charge in [0.2, 0.25) is 5.88 Å². The molecule has 38 heavy (non-hydrogen) atoms. The fraction of sp³-hybridized carbons (Fsp3) is 0.423. The van der Waals surface area contributed by atoms with Crippen molar-refractivity contribution in [1.82, 2.24) is 29.5 Å². The molecule has 11 nitrogen and oxygen atoms in total. The third kappa shape index (κ3) is 6.95. The van der Waals surface area contributed by atoms with E-state index in [4.69, 9.17) is 4.74 Å². The molecule has 1 amide bonds. The zero-order chi connectivity index (χ0) is 27.1. The van der Waals surface area contributed by atoms with Crippen LogP contribution in [-0.2, 0) is 23.5 Å². The van der Waals surface area contributed by atoms with E-state index in [0.717, 1.165) is 24.9 Å². The number of aryl methyl sites for hydroxylation is 1. The molecule has 2 aromatic heterocycles. The number of amides is 1. The van der Waals surface area contributed by atoms with Gasteiger partial charge < -0.3 is 25.0 Å². The van der Waals surface area contributed by atoms with Crippen LogP contribution in [-0.4, -0.2) is 83.2 Å². The molecule has 1 saturated heterocycles. The van der Waals surface area contributed by atoms with Gasteiger partial charge in [-0.25, -0.2) is 18.4 Å². The van der Waals surface area contributed by atoms with Gasteiger partial charge in [-0.05, 0) is 37.4 Å². The molecule has 3 atom stereocenters. The van der Waals surface area contributed by atoms with Gasteiger partial charge in [0.15, 0.2) is 5.03 Å². The van der Waals surface area contributed by atoms with E-state index in [1.165, 1.54) is 36.2 Å². The molecule has 1 aliphatic heterocycles. The van der Waals surface area contributed by atoms with Gasteiger partial charge in [0.05, 0.1) is 25.6 Å². The standard InChI is InChI=1S/C26H34N6O5S/c1-31-17-25(29-18-31)38(35,36)32(15-21-9-6-11-27-21)16-23(33)22(13-19-7-4-3-5-8-19)30-26(34)20-10-12-28-24(14-20)37-2/h3-5,7-8,10,12,14,17-18,21-23,27,33H,6,9,11,13,15-16H2,1-2H3,(H,30,34)/t21-,22?,23?/m1/s1. The number of nitrogens with zero attached hydrogens (tertiary/aromatic N) is 4. The Labute approximate surface area is 222 Å². The molecular formula is C26H34N6O5S. The molecule has 0 spiro atoms. The van der Waals surface area contributed by atoms with E-state index in [9.17, 15) is 18.3 Å². The van der Waals surface area contributed by atoms with Crippen LogP contribution in [0.15, 0.2) is 66.2 Å². The van der Waals surface area contributed by atoms with Gasteiger partial charge in [-0.15, -0.1) is 0 Å². The first-order valence-corrected chi connectivity index (χ1v) is 13.9. The second-order valence-corrected chi connectivity index (χ2v) is 11.3. The Balaban J connectivity index is 1.59. The normalized spacial score (nSPS) is 17.3. The molecule has 4 rings (SSSR count). The number of aliphatic hydroxyl groups excluding tert-OH is 1. The summed E-state index contributed by atoms with van der Waals surface area (Å²) in [5, 5.41) is 17.6. The van der Waals surface area contributed by atoms with Crippen molar-refractivity contribution in [2.45, 2.75) is 42.5 Å². The number of hydrogen-bond donors (Lipinski definition) is 3. The van der Waals surface area contributed by atoms with E-state index in [2.05, 4.69) is 20.6 Å². The van der Waals surface area contributed by atoms with Gasteiger partial charge in [-0.3, -0.25) is 4.79 Å². The van der Waals surface area contributed by atoms with Gasteiger partial charge in [0.1, 0.15) is 0 Å². The van der Waals surface area contributed by atoms with Crippen molar-refractivity contribution in [3.63, 3.8) is 0 Å². The van der Waals surface area contributed by atoms with Crippen molar-refractivity contribution in [1.29, 1.82) is 0 Å². The van der Waals surface area contributed by atoms with Crippen molar-refractivity contribution < 1.29 is 23.1 Å². The molecule has 1 aliphatic rings. The monoisotopic (exact) mass is 542 g/mol. The molecule has 12 heteroatoms. The summed E-state index contributed by atoms with van der Waals surface area (Å²) in [7, 11) is -0.837. The third-order valence-corrected chi connectivity index (χ3v) is 8.27. The number of aliphatic hydroxyl groups is 1. The minimum Gasteiger partial charge on any atom is -0.481 e. The summed E-state index contributed by atoms with van der Waals surface area (Å²) in [6.45, 7) is 0.783. The smallest absolute Gasteiger partial charge is 0.262 e. The molecule has 204 valence electrons. The molecule has 0 bridgehead atoms. The Morgan fingerprint density at radius 3 is 2.74 bits per heavy atom.